The second-order valence-electron chi connectivity index (χ2n) is 4.22. The van der Waals surface area contributed by atoms with Gasteiger partial charge in [0.25, 0.3) is 5.91 Å². The summed E-state index contributed by atoms with van der Waals surface area (Å²) in [7, 11) is 1.51. The van der Waals surface area contributed by atoms with Crippen molar-refractivity contribution >= 4 is 28.9 Å². The molecule has 0 bridgehead atoms. The molecule has 0 spiro atoms. The smallest absolute Gasteiger partial charge is 0.259 e. The van der Waals surface area contributed by atoms with Crippen LogP contribution in [0.5, 0.6) is 5.75 Å². The van der Waals surface area contributed by atoms with Crippen LogP contribution in [0.15, 0.2) is 30.6 Å². The standard InChI is InChI=1S/C14H14ClN3O2/c1-8-5-12(13(20-2)6-10(8)15)18-14(19)9-7-17-4-3-11(9)16/h3-7H,1-2H3,(H2,16,17)(H,18,19). The van der Waals surface area contributed by atoms with Gasteiger partial charge in [0.05, 0.1) is 18.4 Å². The van der Waals surface area contributed by atoms with Gasteiger partial charge in [-0.3, -0.25) is 9.78 Å². The summed E-state index contributed by atoms with van der Waals surface area (Å²) >= 11 is 6.02. The average molecular weight is 292 g/mol. The van der Waals surface area contributed by atoms with Crippen molar-refractivity contribution < 1.29 is 9.53 Å². The second kappa shape index (κ2) is 5.79. The van der Waals surface area contributed by atoms with Crippen LogP contribution in [-0.4, -0.2) is 18.0 Å². The normalized spacial score (nSPS) is 10.2. The summed E-state index contributed by atoms with van der Waals surface area (Å²) in [6.07, 6.45) is 2.94. The monoisotopic (exact) mass is 291 g/mol. The minimum atomic E-state index is -0.351. The third-order valence-electron chi connectivity index (χ3n) is 2.83. The number of methoxy groups -OCH3 is 1. The molecule has 1 aromatic heterocycles. The van der Waals surface area contributed by atoms with Crippen molar-refractivity contribution in [1.29, 1.82) is 0 Å². The molecule has 5 nitrogen and oxygen atoms in total. The maximum Gasteiger partial charge on any atom is 0.259 e. The molecule has 0 radical (unpaired) electrons. The molecule has 2 aromatic rings. The van der Waals surface area contributed by atoms with Crippen molar-refractivity contribution in [3.8, 4) is 5.75 Å². The van der Waals surface area contributed by atoms with Crippen LogP contribution in [0.2, 0.25) is 5.02 Å². The van der Waals surface area contributed by atoms with E-state index in [9.17, 15) is 4.79 Å². The minimum Gasteiger partial charge on any atom is -0.495 e. The zero-order chi connectivity index (χ0) is 14.7. The predicted octanol–water partition coefficient (Wildman–Crippen LogP) is 2.89. The zero-order valence-electron chi connectivity index (χ0n) is 11.1. The molecule has 3 N–H and O–H groups in total. The van der Waals surface area contributed by atoms with Crippen LogP contribution in [0.25, 0.3) is 0 Å². The maximum atomic E-state index is 12.2. The summed E-state index contributed by atoms with van der Waals surface area (Å²) in [6, 6.07) is 4.96. The first kappa shape index (κ1) is 14.1. The molecule has 0 aliphatic rings. The molecule has 1 heterocycles. The molecule has 104 valence electrons. The summed E-state index contributed by atoms with van der Waals surface area (Å²) in [4.78, 5) is 16.1. The summed E-state index contributed by atoms with van der Waals surface area (Å²) in [6.45, 7) is 1.84. The van der Waals surface area contributed by atoms with Crippen LogP contribution >= 0.6 is 11.6 Å². The van der Waals surface area contributed by atoms with Crippen molar-refractivity contribution in [3.63, 3.8) is 0 Å². The van der Waals surface area contributed by atoms with Crippen LogP contribution in [0.3, 0.4) is 0 Å². The van der Waals surface area contributed by atoms with Gasteiger partial charge in [0, 0.05) is 29.2 Å². The number of pyridine rings is 1. The largest absolute Gasteiger partial charge is 0.495 e. The molecule has 20 heavy (non-hydrogen) atoms. The number of carbonyl (C=O) groups excluding carboxylic acids is 1. The molecule has 6 heteroatoms. The average Bonchev–Trinajstić information content (AvgIpc) is 2.43. The Kier molecular flexibility index (Phi) is 4.10. The molecule has 1 aromatic carbocycles. The lowest BCUT2D eigenvalue weighted by atomic mass is 10.2. The van der Waals surface area contributed by atoms with E-state index in [0.717, 1.165) is 5.56 Å². The van der Waals surface area contributed by atoms with E-state index in [-0.39, 0.29) is 5.91 Å². The van der Waals surface area contributed by atoms with Crippen LogP contribution < -0.4 is 15.8 Å². The lowest BCUT2D eigenvalue weighted by Gasteiger charge is -2.12. The zero-order valence-corrected chi connectivity index (χ0v) is 11.9. The number of amides is 1. The van der Waals surface area contributed by atoms with Gasteiger partial charge in [0.15, 0.2) is 0 Å². The Labute approximate surface area is 121 Å². The summed E-state index contributed by atoms with van der Waals surface area (Å²) < 4.78 is 5.20. The predicted molar refractivity (Wildman–Crippen MR) is 79.3 cm³/mol. The Morgan fingerprint density at radius 3 is 2.85 bits per heavy atom. The van der Waals surface area contributed by atoms with Gasteiger partial charge in [-0.15, -0.1) is 0 Å². The molecule has 0 atom stereocenters. The highest BCUT2D eigenvalue weighted by Gasteiger charge is 2.14. The minimum absolute atomic E-state index is 0.308. The van der Waals surface area contributed by atoms with Crippen molar-refractivity contribution in [3.05, 3.63) is 46.7 Å². The Morgan fingerprint density at radius 2 is 2.20 bits per heavy atom. The fraction of sp³-hybridized carbons (Fsp3) is 0.143. The van der Waals surface area contributed by atoms with Crippen molar-refractivity contribution in [2.45, 2.75) is 6.92 Å². The number of hydrogen-bond donors (Lipinski definition) is 2. The highest BCUT2D eigenvalue weighted by Crippen LogP contribution is 2.31. The first-order valence-electron chi connectivity index (χ1n) is 5.88. The van der Waals surface area contributed by atoms with E-state index in [4.69, 9.17) is 22.1 Å². The number of halogens is 1. The van der Waals surface area contributed by atoms with E-state index in [1.165, 1.54) is 19.5 Å². The second-order valence-corrected chi connectivity index (χ2v) is 4.63. The topological polar surface area (TPSA) is 77.2 Å². The number of ether oxygens (including phenoxy) is 1. The molecule has 0 saturated heterocycles. The Balaban J connectivity index is 2.33. The number of rotatable bonds is 3. The molecule has 0 saturated carbocycles. The number of aryl methyl sites for hydroxylation is 1. The number of hydrogen-bond acceptors (Lipinski definition) is 4. The van der Waals surface area contributed by atoms with Crippen LogP contribution in [-0.2, 0) is 0 Å². The number of carbonyl (C=O) groups is 1. The lowest BCUT2D eigenvalue weighted by Crippen LogP contribution is -2.15. The third-order valence-corrected chi connectivity index (χ3v) is 3.24. The van der Waals surface area contributed by atoms with Gasteiger partial charge in [0.2, 0.25) is 0 Å². The molecule has 2 rings (SSSR count). The SMILES string of the molecule is COc1cc(Cl)c(C)cc1NC(=O)c1cnccc1N. The van der Waals surface area contributed by atoms with Crippen LogP contribution in [0.4, 0.5) is 11.4 Å². The maximum absolute atomic E-state index is 12.2. The van der Waals surface area contributed by atoms with Gasteiger partial charge in [-0.25, -0.2) is 0 Å². The first-order valence-corrected chi connectivity index (χ1v) is 6.25. The summed E-state index contributed by atoms with van der Waals surface area (Å²) in [5.41, 5.74) is 7.78. The van der Waals surface area contributed by atoms with Gasteiger partial charge in [-0.2, -0.15) is 0 Å². The van der Waals surface area contributed by atoms with Gasteiger partial charge in [-0.1, -0.05) is 11.6 Å². The number of nitrogens with two attached hydrogens (primary N) is 1. The van der Waals surface area contributed by atoms with E-state index in [1.54, 1.807) is 18.2 Å². The summed E-state index contributed by atoms with van der Waals surface area (Å²) in [5, 5.41) is 3.31. The van der Waals surface area contributed by atoms with E-state index >= 15 is 0 Å². The Morgan fingerprint density at radius 1 is 1.45 bits per heavy atom. The summed E-state index contributed by atoms with van der Waals surface area (Å²) in [5.74, 6) is 0.132. The fourth-order valence-electron chi connectivity index (χ4n) is 1.71. The van der Waals surface area contributed by atoms with Gasteiger partial charge < -0.3 is 15.8 Å². The molecule has 0 aliphatic heterocycles. The molecule has 0 aliphatic carbocycles. The van der Waals surface area contributed by atoms with E-state index in [2.05, 4.69) is 10.3 Å². The molecule has 0 fully saturated rings. The highest BCUT2D eigenvalue weighted by atomic mass is 35.5. The van der Waals surface area contributed by atoms with Crippen molar-refractivity contribution in [2.24, 2.45) is 0 Å². The number of nitrogen functional groups attached to an aromatic ring is 1. The number of nitrogens with one attached hydrogen (secondary N) is 1. The number of aromatic nitrogens is 1. The highest BCUT2D eigenvalue weighted by molar-refractivity contribution is 6.31. The molecule has 0 unspecified atom stereocenters. The van der Waals surface area contributed by atoms with Crippen LogP contribution in [0, 0.1) is 6.92 Å². The van der Waals surface area contributed by atoms with Gasteiger partial charge in [-0.05, 0) is 24.6 Å². The van der Waals surface area contributed by atoms with Gasteiger partial charge in [0.1, 0.15) is 5.75 Å². The van der Waals surface area contributed by atoms with Crippen molar-refractivity contribution in [2.75, 3.05) is 18.2 Å². The van der Waals surface area contributed by atoms with Crippen LogP contribution in [0.1, 0.15) is 15.9 Å². The number of benzene rings is 1. The quantitative estimate of drug-likeness (QED) is 0.911. The Bertz CT molecular complexity index is 659. The molecular formula is C14H14ClN3O2. The third kappa shape index (κ3) is 2.83. The fourth-order valence-corrected chi connectivity index (χ4v) is 1.87. The van der Waals surface area contributed by atoms with Gasteiger partial charge >= 0.3 is 0 Å². The molecular weight excluding hydrogens is 278 g/mol. The number of nitrogens with zero attached hydrogens (tertiary/aromatic N) is 1. The first-order chi connectivity index (χ1) is 9.52. The van der Waals surface area contributed by atoms with Crippen molar-refractivity contribution in [1.82, 2.24) is 4.98 Å². The lowest BCUT2D eigenvalue weighted by molar-refractivity contribution is 0.102. The molecule has 1 amide bonds. The Hall–Kier alpha value is -2.27. The number of anilines is 2. The van der Waals surface area contributed by atoms with E-state index in [1.807, 2.05) is 6.92 Å². The van der Waals surface area contributed by atoms with E-state index < -0.39 is 0 Å². The van der Waals surface area contributed by atoms with E-state index in [0.29, 0.717) is 27.7 Å².